The molecule has 0 saturated heterocycles. The zero-order valence-electron chi connectivity index (χ0n) is 8.30. The quantitative estimate of drug-likeness (QED) is 0.799. The molecule has 0 saturated carbocycles. The van der Waals surface area contributed by atoms with Crippen LogP contribution >= 0.6 is 11.8 Å². The first-order valence-corrected chi connectivity index (χ1v) is 6.75. The summed E-state index contributed by atoms with van der Waals surface area (Å²) < 4.78 is 23.1. The van der Waals surface area contributed by atoms with Crippen LogP contribution in [0.15, 0.2) is 16.1 Å². The molecule has 5 nitrogen and oxygen atoms in total. The molecule has 1 heterocycles. The lowest BCUT2D eigenvalue weighted by molar-refractivity contribution is -0.129. The van der Waals surface area contributed by atoms with Gasteiger partial charge in [0.1, 0.15) is 0 Å². The van der Waals surface area contributed by atoms with Gasteiger partial charge in [-0.25, -0.2) is 18.2 Å². The van der Waals surface area contributed by atoms with E-state index < -0.39 is 20.9 Å². The van der Waals surface area contributed by atoms with Crippen molar-refractivity contribution in [1.82, 2.24) is 0 Å². The largest absolute Gasteiger partial charge is 0.476 e. The van der Waals surface area contributed by atoms with Crippen molar-refractivity contribution >= 4 is 32.6 Å². The molecular weight excluding hydrogens is 238 g/mol. The van der Waals surface area contributed by atoms with E-state index in [0.29, 0.717) is 0 Å². The molecule has 7 heteroatoms. The van der Waals surface area contributed by atoms with Crippen molar-refractivity contribution < 1.29 is 18.3 Å². The highest BCUT2D eigenvalue weighted by atomic mass is 32.2. The van der Waals surface area contributed by atoms with Gasteiger partial charge in [-0.1, -0.05) is 13.8 Å². The number of carboxylic acids is 1. The predicted molar refractivity (Wildman–Crippen MR) is 59.7 cm³/mol. The Balaban J connectivity index is 2.80. The maximum absolute atomic E-state index is 11.6. The van der Waals surface area contributed by atoms with Crippen LogP contribution in [0.2, 0.25) is 0 Å². The van der Waals surface area contributed by atoms with Gasteiger partial charge in [-0.05, 0) is 5.25 Å². The van der Waals surface area contributed by atoms with Crippen molar-refractivity contribution in [2.24, 2.45) is 4.99 Å². The third-order valence-electron chi connectivity index (χ3n) is 1.67. The predicted octanol–water partition coefficient (Wildman–Crippen LogP) is 0.881. The Hall–Kier alpha value is -0.820. The van der Waals surface area contributed by atoms with Crippen molar-refractivity contribution in [3.8, 4) is 0 Å². The molecule has 0 aromatic heterocycles. The topological polar surface area (TPSA) is 83.8 Å². The van der Waals surface area contributed by atoms with Gasteiger partial charge in [0.15, 0.2) is 0 Å². The van der Waals surface area contributed by atoms with E-state index in [0.717, 1.165) is 6.20 Å². The first-order chi connectivity index (χ1) is 6.85. The summed E-state index contributed by atoms with van der Waals surface area (Å²) in [5.41, 5.74) is 0. The van der Waals surface area contributed by atoms with E-state index in [-0.39, 0.29) is 15.9 Å². The number of carboxylic acid groups (broad SMARTS) is 1. The first-order valence-electron chi connectivity index (χ1n) is 4.22. The van der Waals surface area contributed by atoms with Gasteiger partial charge in [-0.3, -0.25) is 0 Å². The van der Waals surface area contributed by atoms with E-state index >= 15 is 0 Å². The number of nitrogens with zero attached hydrogens (tertiary/aromatic N) is 1. The average Bonchev–Trinajstić information content (AvgIpc) is 2.37. The smallest absolute Gasteiger partial charge is 0.366 e. The molecule has 0 radical (unpaired) electrons. The van der Waals surface area contributed by atoms with Gasteiger partial charge >= 0.3 is 5.97 Å². The van der Waals surface area contributed by atoms with Crippen molar-refractivity contribution in [1.29, 1.82) is 0 Å². The Morgan fingerprint density at radius 2 is 2.20 bits per heavy atom. The molecule has 0 unspecified atom stereocenters. The fourth-order valence-corrected chi connectivity index (χ4v) is 3.19. The van der Waals surface area contributed by atoms with E-state index in [2.05, 4.69) is 4.99 Å². The molecule has 0 fully saturated rings. The lowest BCUT2D eigenvalue weighted by atomic mass is 10.6. The maximum atomic E-state index is 11.6. The van der Waals surface area contributed by atoms with Crippen LogP contribution in [-0.4, -0.2) is 35.5 Å². The molecule has 1 rings (SSSR count). The molecule has 0 atom stereocenters. The minimum atomic E-state index is -3.83. The van der Waals surface area contributed by atoms with Crippen LogP contribution < -0.4 is 0 Å². The molecule has 0 bridgehead atoms. The van der Waals surface area contributed by atoms with Crippen LogP contribution in [0.4, 0.5) is 0 Å². The molecular formula is C8H11NO4S2. The average molecular weight is 249 g/mol. The minimum Gasteiger partial charge on any atom is -0.476 e. The van der Waals surface area contributed by atoms with E-state index in [4.69, 9.17) is 5.11 Å². The molecule has 0 aromatic carbocycles. The number of rotatable bonds is 4. The van der Waals surface area contributed by atoms with Crippen molar-refractivity contribution in [3.05, 3.63) is 11.1 Å². The van der Waals surface area contributed by atoms with Crippen molar-refractivity contribution in [2.45, 2.75) is 19.1 Å². The normalized spacial score (nSPS) is 18.9. The molecule has 15 heavy (non-hydrogen) atoms. The minimum absolute atomic E-state index is 0.0681. The Morgan fingerprint density at radius 3 is 2.60 bits per heavy atom. The molecule has 0 aromatic rings. The maximum Gasteiger partial charge on any atom is 0.366 e. The third-order valence-corrected chi connectivity index (χ3v) is 4.72. The zero-order chi connectivity index (χ0) is 11.6. The van der Waals surface area contributed by atoms with Crippen LogP contribution in [0, 0.1) is 0 Å². The Labute approximate surface area is 92.2 Å². The van der Waals surface area contributed by atoms with Crippen LogP contribution in [0.3, 0.4) is 0 Å². The van der Waals surface area contributed by atoms with Gasteiger partial charge in [-0.15, -0.1) is 0 Å². The molecule has 0 amide bonds. The fraction of sp³-hybridized carbons (Fsp3) is 0.500. The van der Waals surface area contributed by atoms with Gasteiger partial charge in [0.2, 0.25) is 14.9 Å². The van der Waals surface area contributed by atoms with Crippen LogP contribution in [0.5, 0.6) is 0 Å². The van der Waals surface area contributed by atoms with Gasteiger partial charge in [0, 0.05) is 12.0 Å². The van der Waals surface area contributed by atoms with E-state index in [9.17, 15) is 13.2 Å². The summed E-state index contributed by atoms with van der Waals surface area (Å²) in [6.45, 7) is 3.87. The third kappa shape index (κ3) is 2.60. The van der Waals surface area contributed by atoms with Gasteiger partial charge in [0.05, 0.1) is 4.91 Å². The highest BCUT2D eigenvalue weighted by Crippen LogP contribution is 2.23. The SMILES string of the molecule is CC(C)SCC1=CN=C(C(=O)O)S1(=O)=O. The Morgan fingerprint density at radius 1 is 1.60 bits per heavy atom. The monoisotopic (exact) mass is 249 g/mol. The van der Waals surface area contributed by atoms with Crippen LogP contribution in [0.1, 0.15) is 13.8 Å². The summed E-state index contributed by atoms with van der Waals surface area (Å²) >= 11 is 1.43. The van der Waals surface area contributed by atoms with E-state index in [1.54, 1.807) is 0 Å². The second kappa shape index (κ2) is 4.36. The number of hydrogen-bond acceptors (Lipinski definition) is 5. The Kier molecular flexibility index (Phi) is 3.56. The molecule has 0 aliphatic carbocycles. The van der Waals surface area contributed by atoms with Crippen molar-refractivity contribution in [3.63, 3.8) is 0 Å². The summed E-state index contributed by atoms with van der Waals surface area (Å²) in [4.78, 5) is 14.0. The first kappa shape index (κ1) is 12.3. The second-order valence-corrected chi connectivity index (χ2v) is 6.68. The molecule has 1 N–H and O–H groups in total. The van der Waals surface area contributed by atoms with Gasteiger partial charge in [-0.2, -0.15) is 11.8 Å². The number of thioether (sulfide) groups is 1. The Bertz CT molecular complexity index is 434. The number of aliphatic carboxylic acids is 1. The highest BCUT2D eigenvalue weighted by molar-refractivity contribution is 8.13. The van der Waals surface area contributed by atoms with E-state index in [1.165, 1.54) is 11.8 Å². The van der Waals surface area contributed by atoms with Crippen molar-refractivity contribution in [2.75, 3.05) is 5.75 Å². The molecule has 0 spiro atoms. The zero-order valence-corrected chi connectivity index (χ0v) is 9.93. The number of aliphatic imine (C=N–C) groups is 1. The lowest BCUT2D eigenvalue weighted by Crippen LogP contribution is -2.22. The lowest BCUT2D eigenvalue weighted by Gasteiger charge is -2.05. The summed E-state index contributed by atoms with van der Waals surface area (Å²) in [6.07, 6.45) is 1.12. The fourth-order valence-electron chi connectivity index (χ4n) is 0.927. The van der Waals surface area contributed by atoms with Crippen LogP contribution in [-0.2, 0) is 14.6 Å². The summed E-state index contributed by atoms with van der Waals surface area (Å²) in [6, 6.07) is 0. The number of sulfone groups is 1. The molecule has 1 aliphatic heterocycles. The van der Waals surface area contributed by atoms with Gasteiger partial charge in [0.25, 0.3) is 0 Å². The highest BCUT2D eigenvalue weighted by Gasteiger charge is 2.34. The summed E-state index contributed by atoms with van der Waals surface area (Å²) in [5.74, 6) is -1.24. The molecule has 1 aliphatic rings. The van der Waals surface area contributed by atoms with Crippen LogP contribution in [0.25, 0.3) is 0 Å². The second-order valence-electron chi connectivity index (χ2n) is 3.20. The standard InChI is InChI=1S/C8H11NO4S2/c1-5(2)14-4-6-3-9-7(8(10)11)15(6,12)13/h3,5H,4H2,1-2H3,(H,10,11). The van der Waals surface area contributed by atoms with Gasteiger partial charge < -0.3 is 5.11 Å². The van der Waals surface area contributed by atoms with E-state index in [1.807, 2.05) is 13.8 Å². The molecule has 84 valence electrons. The summed E-state index contributed by atoms with van der Waals surface area (Å²) in [7, 11) is -3.83. The number of carbonyl (C=O) groups is 1. The summed E-state index contributed by atoms with van der Waals surface area (Å²) in [5, 5.41) is 8.10. The number of hydrogen-bond donors (Lipinski definition) is 1.